The Morgan fingerprint density at radius 2 is 1.85 bits per heavy atom. The second-order valence-corrected chi connectivity index (χ2v) is 8.66. The monoisotopic (exact) mass is 515 g/mol. The molecule has 176 valence electrons. The molecule has 0 aliphatic heterocycles. The van der Waals surface area contributed by atoms with E-state index in [0.29, 0.717) is 46.0 Å². The van der Waals surface area contributed by atoms with Crippen LogP contribution in [0.3, 0.4) is 0 Å². The fraction of sp³-hybridized carbons (Fsp3) is 0.400. The van der Waals surface area contributed by atoms with Gasteiger partial charge in [0.15, 0.2) is 11.5 Å². The molecule has 1 aromatic heterocycles. The third-order valence-corrected chi connectivity index (χ3v) is 5.82. The van der Waals surface area contributed by atoms with Crippen molar-refractivity contribution in [2.75, 3.05) is 14.2 Å². The SMILES string of the molecule is CCCCc1nc2ccc(Br)cc2c(=O)n1N=Cc1cc(OC)c(O[C@@H](C)CC)c(OC)c1. The third-order valence-electron chi connectivity index (χ3n) is 5.33. The maximum Gasteiger partial charge on any atom is 0.282 e. The average Bonchev–Trinajstić information content (AvgIpc) is 2.82. The van der Waals surface area contributed by atoms with Gasteiger partial charge in [-0.1, -0.05) is 36.2 Å². The molecule has 0 unspecified atom stereocenters. The largest absolute Gasteiger partial charge is 0.493 e. The first-order chi connectivity index (χ1) is 15.9. The van der Waals surface area contributed by atoms with Crippen LogP contribution in [0.1, 0.15) is 51.4 Å². The number of rotatable bonds is 10. The normalized spacial score (nSPS) is 12.3. The molecule has 0 spiro atoms. The number of methoxy groups -OCH3 is 2. The Morgan fingerprint density at radius 3 is 2.45 bits per heavy atom. The molecule has 0 N–H and O–H groups in total. The molecule has 0 fully saturated rings. The molecule has 3 aromatic rings. The molecule has 0 radical (unpaired) electrons. The molecule has 0 saturated heterocycles. The zero-order chi connectivity index (χ0) is 24.0. The summed E-state index contributed by atoms with van der Waals surface area (Å²) in [4.78, 5) is 18.0. The van der Waals surface area contributed by atoms with Crippen LogP contribution in [0, 0.1) is 0 Å². The minimum absolute atomic E-state index is 0.00927. The molecule has 1 atom stereocenters. The fourth-order valence-corrected chi connectivity index (χ4v) is 3.67. The van der Waals surface area contributed by atoms with Gasteiger partial charge in [0, 0.05) is 16.5 Å². The van der Waals surface area contributed by atoms with E-state index in [2.05, 4.69) is 34.9 Å². The second kappa shape index (κ2) is 11.3. The number of halogens is 1. The minimum Gasteiger partial charge on any atom is -0.493 e. The predicted molar refractivity (Wildman–Crippen MR) is 135 cm³/mol. The zero-order valence-corrected chi connectivity index (χ0v) is 21.3. The van der Waals surface area contributed by atoms with Crippen LogP contribution in [0.2, 0.25) is 0 Å². The van der Waals surface area contributed by atoms with Gasteiger partial charge in [-0.3, -0.25) is 4.79 Å². The molecular weight excluding hydrogens is 486 g/mol. The van der Waals surface area contributed by atoms with Crippen LogP contribution >= 0.6 is 15.9 Å². The molecule has 8 heteroatoms. The highest BCUT2D eigenvalue weighted by Gasteiger charge is 2.16. The summed E-state index contributed by atoms with van der Waals surface area (Å²) in [7, 11) is 3.16. The van der Waals surface area contributed by atoms with Gasteiger partial charge in [0.2, 0.25) is 5.75 Å². The topological polar surface area (TPSA) is 74.9 Å². The summed E-state index contributed by atoms with van der Waals surface area (Å²) >= 11 is 3.43. The van der Waals surface area contributed by atoms with E-state index < -0.39 is 0 Å². The summed E-state index contributed by atoms with van der Waals surface area (Å²) in [6.07, 6.45) is 5.03. The Morgan fingerprint density at radius 1 is 1.15 bits per heavy atom. The average molecular weight is 516 g/mol. The summed E-state index contributed by atoms with van der Waals surface area (Å²) in [5.41, 5.74) is 1.16. The van der Waals surface area contributed by atoms with E-state index in [1.807, 2.05) is 31.2 Å². The van der Waals surface area contributed by atoms with Crippen LogP contribution in [-0.4, -0.2) is 36.2 Å². The van der Waals surface area contributed by atoms with Crippen molar-refractivity contribution >= 4 is 33.0 Å². The summed E-state index contributed by atoms with van der Waals surface area (Å²) < 4.78 is 19.3. The van der Waals surface area contributed by atoms with Crippen molar-refractivity contribution in [3.05, 3.63) is 56.5 Å². The van der Waals surface area contributed by atoms with Gasteiger partial charge in [0.25, 0.3) is 5.56 Å². The second-order valence-electron chi connectivity index (χ2n) is 7.75. The molecule has 33 heavy (non-hydrogen) atoms. The Balaban J connectivity index is 2.09. The van der Waals surface area contributed by atoms with Crippen LogP contribution in [-0.2, 0) is 6.42 Å². The number of hydrogen-bond acceptors (Lipinski definition) is 6. The molecule has 0 saturated carbocycles. The van der Waals surface area contributed by atoms with Gasteiger partial charge in [0.05, 0.1) is 37.4 Å². The van der Waals surface area contributed by atoms with Crippen molar-refractivity contribution in [1.82, 2.24) is 9.66 Å². The van der Waals surface area contributed by atoms with Crippen LogP contribution in [0.15, 0.2) is 44.7 Å². The lowest BCUT2D eigenvalue weighted by Crippen LogP contribution is -2.22. The molecule has 1 heterocycles. The first kappa shape index (κ1) is 24.8. The molecule has 0 bridgehead atoms. The number of aromatic nitrogens is 2. The van der Waals surface area contributed by atoms with Gasteiger partial charge in [-0.05, 0) is 50.1 Å². The highest BCUT2D eigenvalue weighted by Crippen LogP contribution is 2.39. The van der Waals surface area contributed by atoms with Crippen LogP contribution in [0.5, 0.6) is 17.2 Å². The van der Waals surface area contributed by atoms with Crippen molar-refractivity contribution in [3.8, 4) is 17.2 Å². The van der Waals surface area contributed by atoms with Gasteiger partial charge in [-0.15, -0.1) is 0 Å². The molecule has 0 amide bonds. The van der Waals surface area contributed by atoms with E-state index >= 15 is 0 Å². The lowest BCUT2D eigenvalue weighted by atomic mass is 10.2. The van der Waals surface area contributed by atoms with E-state index in [0.717, 1.165) is 23.7 Å². The molecule has 2 aromatic carbocycles. The van der Waals surface area contributed by atoms with Crippen molar-refractivity contribution in [2.45, 2.75) is 52.6 Å². The number of aryl methyl sites for hydroxylation is 1. The maximum atomic E-state index is 13.3. The Kier molecular flexibility index (Phi) is 8.49. The fourth-order valence-electron chi connectivity index (χ4n) is 3.31. The van der Waals surface area contributed by atoms with Crippen LogP contribution in [0.4, 0.5) is 0 Å². The molecule has 0 aliphatic rings. The van der Waals surface area contributed by atoms with E-state index in [1.165, 1.54) is 4.68 Å². The number of hydrogen-bond donors (Lipinski definition) is 0. The highest BCUT2D eigenvalue weighted by atomic mass is 79.9. The van der Waals surface area contributed by atoms with Crippen molar-refractivity contribution in [1.29, 1.82) is 0 Å². The first-order valence-electron chi connectivity index (χ1n) is 11.1. The van der Waals surface area contributed by atoms with Gasteiger partial charge in [-0.2, -0.15) is 9.78 Å². The summed E-state index contributed by atoms with van der Waals surface area (Å²) in [5.74, 6) is 2.25. The Hall–Kier alpha value is -2.87. The zero-order valence-electron chi connectivity index (χ0n) is 19.7. The van der Waals surface area contributed by atoms with Gasteiger partial charge in [-0.25, -0.2) is 4.98 Å². The highest BCUT2D eigenvalue weighted by molar-refractivity contribution is 9.10. The number of ether oxygens (including phenoxy) is 3. The molecule has 0 aliphatic carbocycles. The van der Waals surface area contributed by atoms with Crippen LogP contribution < -0.4 is 19.8 Å². The molecule has 3 rings (SSSR count). The summed E-state index contributed by atoms with van der Waals surface area (Å²) in [6.45, 7) is 6.14. The maximum absolute atomic E-state index is 13.3. The number of unbranched alkanes of at least 4 members (excludes halogenated alkanes) is 1. The lowest BCUT2D eigenvalue weighted by molar-refractivity contribution is 0.198. The van der Waals surface area contributed by atoms with E-state index in [9.17, 15) is 4.79 Å². The molecule has 7 nitrogen and oxygen atoms in total. The Bertz CT molecular complexity index is 1180. The molecular formula is C25H30BrN3O4. The van der Waals surface area contributed by atoms with E-state index in [1.54, 1.807) is 26.5 Å². The van der Waals surface area contributed by atoms with E-state index in [-0.39, 0.29) is 11.7 Å². The quantitative estimate of drug-likeness (QED) is 0.329. The van der Waals surface area contributed by atoms with Crippen molar-refractivity contribution < 1.29 is 14.2 Å². The number of nitrogens with zero attached hydrogens (tertiary/aromatic N) is 3. The minimum atomic E-state index is -0.209. The number of fused-ring (bicyclic) bond motifs is 1. The first-order valence-corrected chi connectivity index (χ1v) is 11.9. The smallest absolute Gasteiger partial charge is 0.282 e. The van der Waals surface area contributed by atoms with E-state index in [4.69, 9.17) is 19.2 Å². The third kappa shape index (κ3) is 5.74. The van der Waals surface area contributed by atoms with Crippen molar-refractivity contribution in [3.63, 3.8) is 0 Å². The summed E-state index contributed by atoms with van der Waals surface area (Å²) in [6, 6.07) is 9.12. The predicted octanol–water partition coefficient (Wildman–Crippen LogP) is 5.58. The summed E-state index contributed by atoms with van der Waals surface area (Å²) in [5, 5.41) is 5.02. The van der Waals surface area contributed by atoms with Gasteiger partial charge < -0.3 is 14.2 Å². The van der Waals surface area contributed by atoms with Gasteiger partial charge >= 0.3 is 0 Å². The number of benzene rings is 2. The van der Waals surface area contributed by atoms with Gasteiger partial charge in [0.1, 0.15) is 5.82 Å². The lowest BCUT2D eigenvalue weighted by Gasteiger charge is -2.18. The van der Waals surface area contributed by atoms with Crippen molar-refractivity contribution in [2.24, 2.45) is 5.10 Å². The Labute approximate surface area is 202 Å². The standard InChI is InChI=1S/C25H30BrN3O4/c1-6-8-9-23-28-20-11-10-18(26)14-19(20)25(30)29(23)27-15-17-12-21(31-4)24(22(13-17)32-5)33-16(3)7-2/h10-16H,6-9H2,1-5H3/t16-/m0/s1. The van der Waals surface area contributed by atoms with Crippen LogP contribution in [0.25, 0.3) is 10.9 Å².